The van der Waals surface area contributed by atoms with Gasteiger partial charge in [-0.1, -0.05) is 17.7 Å². The molecular weight excluding hydrogens is 250 g/mol. The predicted octanol–water partition coefficient (Wildman–Crippen LogP) is 4.33. The number of nitrogens with one attached hydrogen (secondary N) is 1. The third-order valence-corrected chi connectivity index (χ3v) is 4.32. The van der Waals surface area contributed by atoms with E-state index in [0.29, 0.717) is 0 Å². The molecule has 0 amide bonds. The van der Waals surface area contributed by atoms with Crippen LogP contribution in [0.25, 0.3) is 0 Å². The van der Waals surface area contributed by atoms with Crippen LogP contribution in [0, 0.1) is 13.8 Å². The van der Waals surface area contributed by atoms with Crippen molar-refractivity contribution in [3.05, 3.63) is 56.2 Å². The third kappa shape index (κ3) is 2.54. The number of rotatable bonds is 3. The second kappa shape index (κ2) is 5.21. The van der Waals surface area contributed by atoms with E-state index in [9.17, 15) is 0 Å². The topological polar surface area (TPSA) is 12.0 Å². The van der Waals surface area contributed by atoms with Crippen molar-refractivity contribution in [3.8, 4) is 0 Å². The van der Waals surface area contributed by atoms with Crippen molar-refractivity contribution >= 4 is 22.9 Å². The van der Waals surface area contributed by atoms with Gasteiger partial charge in [0.2, 0.25) is 0 Å². The molecule has 17 heavy (non-hydrogen) atoms. The molecule has 0 aliphatic rings. The van der Waals surface area contributed by atoms with Crippen molar-refractivity contribution in [2.24, 2.45) is 0 Å². The fourth-order valence-corrected chi connectivity index (χ4v) is 3.26. The lowest BCUT2D eigenvalue weighted by atomic mass is 9.98. The van der Waals surface area contributed by atoms with Crippen LogP contribution in [-0.4, -0.2) is 7.05 Å². The van der Waals surface area contributed by atoms with Gasteiger partial charge in [-0.2, -0.15) is 0 Å². The molecule has 1 N–H and O–H groups in total. The second-order valence-electron chi connectivity index (χ2n) is 4.19. The third-order valence-electron chi connectivity index (χ3n) is 3.00. The SMILES string of the molecule is CNC(c1cc(Cl)ccc1C)c1sccc1C. The van der Waals surface area contributed by atoms with Gasteiger partial charge in [0.05, 0.1) is 6.04 Å². The first kappa shape index (κ1) is 12.6. The zero-order valence-corrected chi connectivity index (χ0v) is 11.8. The minimum atomic E-state index is 0.230. The highest BCUT2D eigenvalue weighted by Crippen LogP contribution is 2.32. The zero-order chi connectivity index (χ0) is 12.4. The minimum absolute atomic E-state index is 0.230. The van der Waals surface area contributed by atoms with E-state index in [-0.39, 0.29) is 6.04 Å². The van der Waals surface area contributed by atoms with Crippen molar-refractivity contribution in [2.45, 2.75) is 19.9 Å². The van der Waals surface area contributed by atoms with Crippen molar-refractivity contribution in [1.29, 1.82) is 0 Å². The van der Waals surface area contributed by atoms with Crippen LogP contribution in [0.1, 0.15) is 27.6 Å². The summed E-state index contributed by atoms with van der Waals surface area (Å²) in [5, 5.41) is 6.31. The van der Waals surface area contributed by atoms with Crippen LogP contribution in [0.3, 0.4) is 0 Å². The molecule has 1 unspecified atom stereocenters. The van der Waals surface area contributed by atoms with Crippen molar-refractivity contribution in [2.75, 3.05) is 7.05 Å². The van der Waals surface area contributed by atoms with E-state index < -0.39 is 0 Å². The van der Waals surface area contributed by atoms with E-state index in [1.807, 2.05) is 13.1 Å². The number of hydrogen-bond donors (Lipinski definition) is 1. The van der Waals surface area contributed by atoms with Crippen LogP contribution < -0.4 is 5.32 Å². The van der Waals surface area contributed by atoms with E-state index in [0.717, 1.165) is 5.02 Å². The van der Waals surface area contributed by atoms with E-state index in [4.69, 9.17) is 11.6 Å². The van der Waals surface area contributed by atoms with Gasteiger partial charge in [0.1, 0.15) is 0 Å². The number of hydrogen-bond acceptors (Lipinski definition) is 2. The number of benzene rings is 1. The molecule has 0 radical (unpaired) electrons. The highest BCUT2D eigenvalue weighted by molar-refractivity contribution is 7.10. The van der Waals surface area contributed by atoms with Gasteiger partial charge < -0.3 is 5.32 Å². The zero-order valence-electron chi connectivity index (χ0n) is 10.3. The lowest BCUT2D eigenvalue weighted by Crippen LogP contribution is -2.18. The molecule has 3 heteroatoms. The van der Waals surface area contributed by atoms with Crippen LogP contribution in [-0.2, 0) is 0 Å². The Balaban J connectivity index is 2.49. The van der Waals surface area contributed by atoms with Gasteiger partial charge in [-0.05, 0) is 61.2 Å². The Hall–Kier alpha value is -0.830. The predicted molar refractivity (Wildman–Crippen MR) is 76.1 cm³/mol. The summed E-state index contributed by atoms with van der Waals surface area (Å²) >= 11 is 7.88. The van der Waals surface area contributed by atoms with Crippen molar-refractivity contribution in [3.63, 3.8) is 0 Å². The maximum atomic E-state index is 6.09. The Labute approximate surface area is 111 Å². The van der Waals surface area contributed by atoms with Gasteiger partial charge in [-0.3, -0.25) is 0 Å². The summed E-state index contributed by atoms with van der Waals surface area (Å²) in [5.41, 5.74) is 3.85. The van der Waals surface area contributed by atoms with E-state index in [1.165, 1.54) is 21.6 Å². The van der Waals surface area contributed by atoms with Crippen LogP contribution in [0.2, 0.25) is 5.02 Å². The van der Waals surface area contributed by atoms with Gasteiger partial charge in [0.15, 0.2) is 0 Å². The molecule has 1 atom stereocenters. The molecular formula is C14H16ClNS. The van der Waals surface area contributed by atoms with E-state index >= 15 is 0 Å². The molecule has 1 aromatic heterocycles. The summed E-state index contributed by atoms with van der Waals surface area (Å²) in [7, 11) is 1.99. The maximum Gasteiger partial charge on any atom is 0.0674 e. The molecule has 90 valence electrons. The summed E-state index contributed by atoms with van der Waals surface area (Å²) in [4.78, 5) is 1.36. The molecule has 1 aromatic carbocycles. The van der Waals surface area contributed by atoms with Gasteiger partial charge in [-0.15, -0.1) is 11.3 Å². The van der Waals surface area contributed by atoms with Gasteiger partial charge in [0, 0.05) is 9.90 Å². The smallest absolute Gasteiger partial charge is 0.0674 e. The molecule has 0 bridgehead atoms. The fraction of sp³-hybridized carbons (Fsp3) is 0.286. The van der Waals surface area contributed by atoms with Crippen LogP contribution in [0.5, 0.6) is 0 Å². The molecule has 0 saturated heterocycles. The summed E-state index contributed by atoms with van der Waals surface area (Å²) < 4.78 is 0. The molecule has 1 nitrogen and oxygen atoms in total. The highest BCUT2D eigenvalue weighted by Gasteiger charge is 2.17. The minimum Gasteiger partial charge on any atom is -0.309 e. The standard InChI is InChI=1S/C14H16ClNS/c1-9-4-5-11(15)8-12(9)13(16-3)14-10(2)6-7-17-14/h4-8,13,16H,1-3H3. The van der Waals surface area contributed by atoms with Gasteiger partial charge in [-0.25, -0.2) is 0 Å². The van der Waals surface area contributed by atoms with E-state index in [2.05, 4.69) is 42.7 Å². The van der Waals surface area contributed by atoms with Crippen LogP contribution in [0.4, 0.5) is 0 Å². The first-order chi connectivity index (χ1) is 8.13. The monoisotopic (exact) mass is 265 g/mol. The summed E-state index contributed by atoms with van der Waals surface area (Å²) in [6, 6.07) is 8.45. The summed E-state index contributed by atoms with van der Waals surface area (Å²) in [6.45, 7) is 4.27. The Bertz CT molecular complexity index is 519. The number of aryl methyl sites for hydroxylation is 2. The number of thiophene rings is 1. The second-order valence-corrected chi connectivity index (χ2v) is 5.57. The largest absolute Gasteiger partial charge is 0.309 e. The average molecular weight is 266 g/mol. The fourth-order valence-electron chi connectivity index (χ4n) is 2.03. The normalized spacial score (nSPS) is 12.7. The lowest BCUT2D eigenvalue weighted by molar-refractivity contribution is 0.696. The summed E-state index contributed by atoms with van der Waals surface area (Å²) in [6.07, 6.45) is 0. The molecule has 2 aromatic rings. The maximum absolute atomic E-state index is 6.09. The molecule has 0 aliphatic carbocycles. The Morgan fingerprint density at radius 2 is 1.94 bits per heavy atom. The molecule has 2 rings (SSSR count). The van der Waals surface area contributed by atoms with Crippen LogP contribution >= 0.6 is 22.9 Å². The van der Waals surface area contributed by atoms with Gasteiger partial charge >= 0.3 is 0 Å². The first-order valence-corrected chi connectivity index (χ1v) is 6.86. The molecule has 0 saturated carbocycles. The molecule has 1 heterocycles. The number of halogens is 1. The Kier molecular flexibility index (Phi) is 3.87. The van der Waals surface area contributed by atoms with Crippen LogP contribution in [0.15, 0.2) is 29.6 Å². The average Bonchev–Trinajstić information content (AvgIpc) is 2.71. The van der Waals surface area contributed by atoms with Gasteiger partial charge in [0.25, 0.3) is 0 Å². The van der Waals surface area contributed by atoms with E-state index in [1.54, 1.807) is 11.3 Å². The highest BCUT2D eigenvalue weighted by atomic mass is 35.5. The summed E-state index contributed by atoms with van der Waals surface area (Å²) in [5.74, 6) is 0. The quantitative estimate of drug-likeness (QED) is 0.871. The first-order valence-electron chi connectivity index (χ1n) is 5.60. The Morgan fingerprint density at radius 3 is 2.53 bits per heavy atom. The molecule has 0 aliphatic heterocycles. The van der Waals surface area contributed by atoms with Crippen molar-refractivity contribution in [1.82, 2.24) is 5.32 Å². The molecule has 0 spiro atoms. The molecule has 0 fully saturated rings. The van der Waals surface area contributed by atoms with Crippen molar-refractivity contribution < 1.29 is 0 Å². The Morgan fingerprint density at radius 1 is 1.18 bits per heavy atom. The lowest BCUT2D eigenvalue weighted by Gasteiger charge is -2.19.